The van der Waals surface area contributed by atoms with Crippen molar-refractivity contribution in [3.05, 3.63) is 59.7 Å². The molecule has 0 aromatic heterocycles. The molecule has 0 saturated carbocycles. The standard InChI is InChI=1S/C18H21NO2S/c20-12-10-17(14-5-2-1-3-6-14)19-11-9-18(21)15-7-4-8-16(22)13-15/h1-7,13,17,19-20H,8-12H2. The number of nitrogens with one attached hydrogen (secondary N) is 1. The third kappa shape index (κ3) is 4.98. The van der Waals surface area contributed by atoms with Crippen molar-refractivity contribution in [1.29, 1.82) is 0 Å². The number of aliphatic hydroxyl groups excluding tert-OH is 1. The molecular formula is C18H21NO2S. The molecule has 1 aromatic rings. The van der Waals surface area contributed by atoms with E-state index in [9.17, 15) is 9.90 Å². The fourth-order valence-corrected chi connectivity index (χ4v) is 2.68. The van der Waals surface area contributed by atoms with Crippen LogP contribution in [0.2, 0.25) is 0 Å². The first-order valence-electron chi connectivity index (χ1n) is 7.54. The van der Waals surface area contributed by atoms with Gasteiger partial charge in [0.15, 0.2) is 5.78 Å². The highest BCUT2D eigenvalue weighted by Gasteiger charge is 2.13. The molecule has 0 radical (unpaired) electrons. The Morgan fingerprint density at radius 3 is 2.77 bits per heavy atom. The lowest BCUT2D eigenvalue weighted by molar-refractivity contribution is -0.115. The van der Waals surface area contributed by atoms with Crippen LogP contribution in [0.5, 0.6) is 0 Å². The van der Waals surface area contributed by atoms with Crippen molar-refractivity contribution in [1.82, 2.24) is 5.32 Å². The maximum Gasteiger partial charge on any atom is 0.164 e. The van der Waals surface area contributed by atoms with Gasteiger partial charge in [0.1, 0.15) is 0 Å². The van der Waals surface area contributed by atoms with E-state index in [0.717, 1.165) is 16.8 Å². The van der Waals surface area contributed by atoms with E-state index in [1.807, 2.05) is 42.5 Å². The Balaban J connectivity index is 1.87. The zero-order chi connectivity index (χ0) is 15.8. The van der Waals surface area contributed by atoms with Gasteiger partial charge in [0, 0.05) is 42.5 Å². The summed E-state index contributed by atoms with van der Waals surface area (Å²) >= 11 is 5.13. The van der Waals surface area contributed by atoms with Gasteiger partial charge in [0.2, 0.25) is 0 Å². The van der Waals surface area contributed by atoms with Gasteiger partial charge in [-0.05, 0) is 18.1 Å². The summed E-state index contributed by atoms with van der Waals surface area (Å²) in [6.07, 6.45) is 7.37. The summed E-state index contributed by atoms with van der Waals surface area (Å²) in [7, 11) is 0. The lowest BCUT2D eigenvalue weighted by Gasteiger charge is -2.18. The van der Waals surface area contributed by atoms with Gasteiger partial charge >= 0.3 is 0 Å². The number of carbonyl (C=O) groups excluding carboxylic acids is 1. The van der Waals surface area contributed by atoms with Crippen molar-refractivity contribution in [3.63, 3.8) is 0 Å². The number of rotatable bonds is 8. The predicted octanol–water partition coefficient (Wildman–Crippen LogP) is 2.92. The van der Waals surface area contributed by atoms with E-state index in [1.54, 1.807) is 6.08 Å². The third-order valence-electron chi connectivity index (χ3n) is 3.62. The lowest BCUT2D eigenvalue weighted by Crippen LogP contribution is -2.25. The fraction of sp³-hybridized carbons (Fsp3) is 0.333. The van der Waals surface area contributed by atoms with Gasteiger partial charge in [0.05, 0.1) is 0 Å². The van der Waals surface area contributed by atoms with Crippen LogP contribution in [0.15, 0.2) is 54.1 Å². The number of hydrogen-bond acceptors (Lipinski definition) is 4. The second-order valence-corrected chi connectivity index (χ2v) is 5.80. The van der Waals surface area contributed by atoms with Crippen LogP contribution in [0.1, 0.15) is 30.9 Å². The van der Waals surface area contributed by atoms with E-state index in [1.165, 1.54) is 0 Å². The van der Waals surface area contributed by atoms with E-state index in [4.69, 9.17) is 12.2 Å². The van der Waals surface area contributed by atoms with Crippen molar-refractivity contribution in [3.8, 4) is 0 Å². The van der Waals surface area contributed by atoms with Gasteiger partial charge in [-0.2, -0.15) is 0 Å². The molecule has 0 aliphatic heterocycles. The minimum Gasteiger partial charge on any atom is -0.396 e. The normalized spacial score (nSPS) is 15.5. The van der Waals surface area contributed by atoms with E-state index < -0.39 is 0 Å². The molecule has 0 fully saturated rings. The van der Waals surface area contributed by atoms with Crippen LogP contribution < -0.4 is 5.32 Å². The molecule has 1 unspecified atom stereocenters. The van der Waals surface area contributed by atoms with Crippen LogP contribution in [-0.2, 0) is 4.79 Å². The fourth-order valence-electron chi connectivity index (χ4n) is 2.46. The van der Waals surface area contributed by atoms with Crippen LogP contribution in [0.3, 0.4) is 0 Å². The van der Waals surface area contributed by atoms with Crippen LogP contribution in [0.4, 0.5) is 0 Å². The SMILES string of the molecule is O=C(CCNC(CCO)c1ccccc1)C1=CC(=S)CC=C1. The molecular weight excluding hydrogens is 294 g/mol. The smallest absolute Gasteiger partial charge is 0.164 e. The van der Waals surface area contributed by atoms with Crippen molar-refractivity contribution in [2.75, 3.05) is 13.2 Å². The zero-order valence-electron chi connectivity index (χ0n) is 12.5. The quantitative estimate of drug-likeness (QED) is 0.724. The third-order valence-corrected chi connectivity index (χ3v) is 3.90. The monoisotopic (exact) mass is 315 g/mol. The van der Waals surface area contributed by atoms with Crippen LogP contribution in [-0.4, -0.2) is 28.9 Å². The number of aliphatic hydroxyl groups is 1. The van der Waals surface area contributed by atoms with Gasteiger partial charge in [-0.3, -0.25) is 4.79 Å². The number of Topliss-reactive ketones (excluding diaryl/α,β-unsaturated/α-hetero) is 1. The molecule has 0 bridgehead atoms. The average Bonchev–Trinajstić information content (AvgIpc) is 2.55. The van der Waals surface area contributed by atoms with Crippen LogP contribution in [0.25, 0.3) is 0 Å². The minimum atomic E-state index is 0.0657. The molecule has 2 rings (SSSR count). The Kier molecular flexibility index (Phi) is 6.65. The highest BCUT2D eigenvalue weighted by molar-refractivity contribution is 7.80. The van der Waals surface area contributed by atoms with Crippen molar-refractivity contribution in [2.45, 2.75) is 25.3 Å². The van der Waals surface area contributed by atoms with Crippen LogP contribution >= 0.6 is 12.2 Å². The molecule has 1 aromatic carbocycles. The molecule has 1 atom stereocenters. The summed E-state index contributed by atoms with van der Waals surface area (Å²) in [6, 6.07) is 10.0. The second kappa shape index (κ2) is 8.73. The van der Waals surface area contributed by atoms with Crippen molar-refractivity contribution < 1.29 is 9.90 Å². The first-order valence-corrected chi connectivity index (χ1v) is 7.95. The molecule has 0 spiro atoms. The first kappa shape index (κ1) is 16.7. The van der Waals surface area contributed by atoms with Gasteiger partial charge < -0.3 is 10.4 Å². The topological polar surface area (TPSA) is 49.3 Å². The number of ketones is 1. The largest absolute Gasteiger partial charge is 0.396 e. The Hall–Kier alpha value is -1.62. The number of hydrogen-bond donors (Lipinski definition) is 2. The maximum atomic E-state index is 12.2. The Bertz CT molecular complexity index is 578. The summed E-state index contributed by atoms with van der Waals surface area (Å²) in [4.78, 5) is 13.0. The summed E-state index contributed by atoms with van der Waals surface area (Å²) in [6.45, 7) is 0.693. The molecule has 22 heavy (non-hydrogen) atoms. The summed E-state index contributed by atoms with van der Waals surface area (Å²) in [5.74, 6) is 0.0987. The first-order chi connectivity index (χ1) is 10.7. The summed E-state index contributed by atoms with van der Waals surface area (Å²) < 4.78 is 0. The number of thiocarbonyl (C=S) groups is 1. The van der Waals surface area contributed by atoms with Gasteiger partial charge in [0.25, 0.3) is 0 Å². The highest BCUT2D eigenvalue weighted by Crippen LogP contribution is 2.16. The van der Waals surface area contributed by atoms with E-state index in [-0.39, 0.29) is 18.4 Å². The van der Waals surface area contributed by atoms with Crippen molar-refractivity contribution in [2.24, 2.45) is 0 Å². The Morgan fingerprint density at radius 1 is 1.32 bits per heavy atom. The molecule has 3 nitrogen and oxygen atoms in total. The number of benzene rings is 1. The number of allylic oxidation sites excluding steroid dienone is 4. The molecule has 0 saturated heterocycles. The molecule has 1 aliphatic rings. The average molecular weight is 315 g/mol. The molecule has 2 N–H and O–H groups in total. The Labute approximate surface area is 136 Å². The maximum absolute atomic E-state index is 12.2. The van der Waals surface area contributed by atoms with Crippen molar-refractivity contribution >= 4 is 22.9 Å². The predicted molar refractivity (Wildman–Crippen MR) is 93.0 cm³/mol. The van der Waals surface area contributed by atoms with Crippen LogP contribution in [0, 0.1) is 0 Å². The summed E-state index contributed by atoms with van der Waals surface area (Å²) in [5, 5.41) is 12.6. The molecule has 116 valence electrons. The lowest BCUT2D eigenvalue weighted by atomic mass is 10.0. The van der Waals surface area contributed by atoms with Gasteiger partial charge in [-0.25, -0.2) is 0 Å². The van der Waals surface area contributed by atoms with E-state index in [0.29, 0.717) is 25.0 Å². The molecule has 0 heterocycles. The second-order valence-electron chi connectivity index (χ2n) is 5.28. The molecule has 4 heteroatoms. The van der Waals surface area contributed by atoms with E-state index >= 15 is 0 Å². The summed E-state index contributed by atoms with van der Waals surface area (Å²) in [5.41, 5.74) is 1.82. The van der Waals surface area contributed by atoms with Gasteiger partial charge in [-0.15, -0.1) is 0 Å². The molecule has 1 aliphatic carbocycles. The zero-order valence-corrected chi connectivity index (χ0v) is 13.3. The minimum absolute atomic E-state index is 0.0657. The van der Waals surface area contributed by atoms with E-state index in [2.05, 4.69) is 5.32 Å². The highest BCUT2D eigenvalue weighted by atomic mass is 32.1. The Morgan fingerprint density at radius 2 is 2.09 bits per heavy atom. The van der Waals surface area contributed by atoms with Gasteiger partial charge in [-0.1, -0.05) is 54.7 Å². The molecule has 0 amide bonds. The number of carbonyl (C=O) groups is 1.